The first-order valence-corrected chi connectivity index (χ1v) is 13.4. The molecule has 0 unspecified atom stereocenters. The van der Waals surface area contributed by atoms with Crippen LogP contribution in [0.4, 0.5) is 0 Å². The summed E-state index contributed by atoms with van der Waals surface area (Å²) in [6, 6.07) is 8.79. The number of pyridine rings is 1. The monoisotopic (exact) mass is 538 g/mol. The minimum absolute atomic E-state index is 0.0306. The molecule has 1 aliphatic rings. The molecule has 9 nitrogen and oxygen atoms in total. The standard InChI is InChI=1S/C28H35ClN6O3/c1-18(2)25(31-19(3)36)28(37)34(22-7-5-6-8-22)15-16-35-27(21-9-10-24(38-4)23(29)17-21)32-26(33-35)20-11-13-30-14-12-20/h9-14,17-18,22,25H,5-8,15-16H2,1-4H3,(H,31,36)/t25-/m0/s1. The summed E-state index contributed by atoms with van der Waals surface area (Å²) in [7, 11) is 1.57. The summed E-state index contributed by atoms with van der Waals surface area (Å²) in [6.07, 6.45) is 7.50. The topological polar surface area (TPSA) is 102 Å². The lowest BCUT2D eigenvalue weighted by atomic mass is 10.0. The Kier molecular flexibility index (Phi) is 8.99. The van der Waals surface area contributed by atoms with Crippen LogP contribution in [0.2, 0.25) is 5.02 Å². The first kappa shape index (κ1) is 27.6. The molecule has 4 rings (SSSR count). The van der Waals surface area contributed by atoms with E-state index in [0.717, 1.165) is 36.8 Å². The average Bonchev–Trinajstić information content (AvgIpc) is 3.58. The SMILES string of the molecule is COc1ccc(-c2nc(-c3ccncc3)nn2CCN(C(=O)[C@@H](NC(C)=O)C(C)C)C2CCCC2)cc1Cl. The van der Waals surface area contributed by atoms with E-state index in [4.69, 9.17) is 26.4 Å². The molecule has 10 heteroatoms. The summed E-state index contributed by atoms with van der Waals surface area (Å²) < 4.78 is 7.14. The molecule has 1 saturated carbocycles. The number of amides is 2. The van der Waals surface area contributed by atoms with Crippen molar-refractivity contribution in [2.45, 2.75) is 65.1 Å². The highest BCUT2D eigenvalue weighted by Crippen LogP contribution is 2.31. The fourth-order valence-corrected chi connectivity index (χ4v) is 5.20. The van der Waals surface area contributed by atoms with Crippen molar-refractivity contribution in [3.8, 4) is 28.5 Å². The molecule has 2 amide bonds. The summed E-state index contributed by atoms with van der Waals surface area (Å²) in [5.41, 5.74) is 1.63. The first-order valence-electron chi connectivity index (χ1n) is 13.0. The molecule has 2 aromatic heterocycles. The van der Waals surface area contributed by atoms with Gasteiger partial charge in [-0.2, -0.15) is 5.10 Å². The van der Waals surface area contributed by atoms with Gasteiger partial charge in [0.2, 0.25) is 11.8 Å². The molecule has 0 saturated heterocycles. The van der Waals surface area contributed by atoms with E-state index < -0.39 is 6.04 Å². The first-order chi connectivity index (χ1) is 18.3. The highest BCUT2D eigenvalue weighted by atomic mass is 35.5. The Labute approximate surface area is 228 Å². The molecule has 202 valence electrons. The molecule has 0 radical (unpaired) electrons. The summed E-state index contributed by atoms with van der Waals surface area (Å²) in [4.78, 5) is 36.5. The number of rotatable bonds is 10. The Hall–Kier alpha value is -3.46. The van der Waals surface area contributed by atoms with E-state index in [1.807, 2.05) is 47.7 Å². The lowest BCUT2D eigenvalue weighted by molar-refractivity contribution is -0.139. The summed E-state index contributed by atoms with van der Waals surface area (Å²) in [5, 5.41) is 8.15. The fourth-order valence-electron chi connectivity index (χ4n) is 4.94. The second-order valence-electron chi connectivity index (χ2n) is 9.96. The smallest absolute Gasteiger partial charge is 0.245 e. The molecule has 1 N–H and O–H groups in total. The molecular formula is C28H35ClN6O3. The van der Waals surface area contributed by atoms with Gasteiger partial charge in [0.1, 0.15) is 11.8 Å². The second-order valence-corrected chi connectivity index (χ2v) is 10.4. The van der Waals surface area contributed by atoms with Gasteiger partial charge in [0.15, 0.2) is 11.6 Å². The van der Waals surface area contributed by atoms with E-state index >= 15 is 0 Å². The van der Waals surface area contributed by atoms with Crippen molar-refractivity contribution in [1.82, 2.24) is 30.0 Å². The zero-order valence-electron chi connectivity index (χ0n) is 22.4. The lowest BCUT2D eigenvalue weighted by Crippen LogP contribution is -2.54. The van der Waals surface area contributed by atoms with E-state index in [-0.39, 0.29) is 23.8 Å². The Bertz CT molecular complexity index is 1260. The van der Waals surface area contributed by atoms with Crippen molar-refractivity contribution >= 4 is 23.4 Å². The van der Waals surface area contributed by atoms with Crippen LogP contribution in [-0.2, 0) is 16.1 Å². The molecule has 1 atom stereocenters. The fraction of sp³-hybridized carbons (Fsp3) is 0.464. The van der Waals surface area contributed by atoms with E-state index in [9.17, 15) is 9.59 Å². The van der Waals surface area contributed by atoms with Gasteiger partial charge >= 0.3 is 0 Å². The number of halogens is 1. The zero-order chi connectivity index (χ0) is 27.2. The minimum atomic E-state index is -0.573. The number of hydrogen-bond acceptors (Lipinski definition) is 6. The van der Waals surface area contributed by atoms with Gasteiger partial charge in [-0.25, -0.2) is 9.67 Å². The van der Waals surface area contributed by atoms with E-state index in [2.05, 4.69) is 10.3 Å². The third kappa shape index (κ3) is 6.32. The van der Waals surface area contributed by atoms with Crippen LogP contribution >= 0.6 is 11.6 Å². The maximum Gasteiger partial charge on any atom is 0.245 e. The molecule has 1 aromatic carbocycles. The third-order valence-electron chi connectivity index (χ3n) is 6.91. The number of carbonyl (C=O) groups excluding carboxylic acids is 2. The molecule has 2 heterocycles. The van der Waals surface area contributed by atoms with Crippen molar-refractivity contribution < 1.29 is 14.3 Å². The van der Waals surface area contributed by atoms with Crippen molar-refractivity contribution in [3.63, 3.8) is 0 Å². The molecule has 0 aliphatic heterocycles. The van der Waals surface area contributed by atoms with Crippen LogP contribution in [0.5, 0.6) is 5.75 Å². The maximum atomic E-state index is 13.8. The van der Waals surface area contributed by atoms with Crippen LogP contribution in [0.25, 0.3) is 22.8 Å². The maximum absolute atomic E-state index is 13.8. The largest absolute Gasteiger partial charge is 0.495 e. The second kappa shape index (κ2) is 12.4. The third-order valence-corrected chi connectivity index (χ3v) is 7.21. The van der Waals surface area contributed by atoms with Gasteiger partial charge in [0, 0.05) is 43.0 Å². The highest BCUT2D eigenvalue weighted by Gasteiger charge is 2.33. The van der Waals surface area contributed by atoms with Gasteiger partial charge < -0.3 is 15.0 Å². The Morgan fingerprint density at radius 2 is 1.87 bits per heavy atom. The van der Waals surface area contributed by atoms with Crippen LogP contribution in [-0.4, -0.2) is 62.2 Å². The molecular weight excluding hydrogens is 504 g/mol. The van der Waals surface area contributed by atoms with Gasteiger partial charge in [0.05, 0.1) is 18.7 Å². The van der Waals surface area contributed by atoms with E-state index in [0.29, 0.717) is 35.5 Å². The lowest BCUT2D eigenvalue weighted by Gasteiger charge is -2.34. The number of ether oxygens (including phenoxy) is 1. The molecule has 1 aliphatic carbocycles. The van der Waals surface area contributed by atoms with Crippen LogP contribution in [0, 0.1) is 5.92 Å². The number of methoxy groups -OCH3 is 1. The van der Waals surface area contributed by atoms with Crippen LogP contribution < -0.4 is 10.1 Å². The number of nitrogens with zero attached hydrogens (tertiary/aromatic N) is 5. The number of hydrogen-bond donors (Lipinski definition) is 1. The minimum Gasteiger partial charge on any atom is -0.495 e. The molecule has 0 spiro atoms. The molecule has 38 heavy (non-hydrogen) atoms. The van der Waals surface area contributed by atoms with Crippen LogP contribution in [0.15, 0.2) is 42.7 Å². The Morgan fingerprint density at radius 3 is 2.47 bits per heavy atom. The number of carbonyl (C=O) groups is 2. The van der Waals surface area contributed by atoms with Crippen molar-refractivity contribution in [2.75, 3.05) is 13.7 Å². The van der Waals surface area contributed by atoms with Gasteiger partial charge in [-0.05, 0) is 49.1 Å². The highest BCUT2D eigenvalue weighted by molar-refractivity contribution is 6.32. The number of benzene rings is 1. The Morgan fingerprint density at radius 1 is 1.16 bits per heavy atom. The van der Waals surface area contributed by atoms with Gasteiger partial charge in [-0.15, -0.1) is 0 Å². The zero-order valence-corrected chi connectivity index (χ0v) is 23.1. The number of nitrogens with one attached hydrogen (secondary N) is 1. The Balaban J connectivity index is 1.67. The van der Waals surface area contributed by atoms with Crippen LogP contribution in [0.1, 0.15) is 46.5 Å². The van der Waals surface area contributed by atoms with Crippen LogP contribution in [0.3, 0.4) is 0 Å². The van der Waals surface area contributed by atoms with E-state index in [1.165, 1.54) is 6.92 Å². The van der Waals surface area contributed by atoms with Crippen molar-refractivity contribution in [3.05, 3.63) is 47.7 Å². The summed E-state index contributed by atoms with van der Waals surface area (Å²) in [5.74, 6) is 1.49. The number of aromatic nitrogens is 4. The van der Waals surface area contributed by atoms with Gasteiger partial charge in [-0.3, -0.25) is 14.6 Å². The van der Waals surface area contributed by atoms with Crippen molar-refractivity contribution in [2.24, 2.45) is 5.92 Å². The van der Waals surface area contributed by atoms with Gasteiger partial charge in [-0.1, -0.05) is 38.3 Å². The predicted molar refractivity (Wildman–Crippen MR) is 147 cm³/mol. The molecule has 0 bridgehead atoms. The van der Waals surface area contributed by atoms with E-state index in [1.54, 1.807) is 25.6 Å². The normalized spacial score (nSPS) is 14.5. The molecule has 3 aromatic rings. The predicted octanol–water partition coefficient (Wildman–Crippen LogP) is 4.60. The van der Waals surface area contributed by atoms with Crippen molar-refractivity contribution in [1.29, 1.82) is 0 Å². The van der Waals surface area contributed by atoms with Gasteiger partial charge in [0.25, 0.3) is 0 Å². The quantitative estimate of drug-likeness (QED) is 0.404. The summed E-state index contributed by atoms with van der Waals surface area (Å²) in [6.45, 7) is 6.24. The summed E-state index contributed by atoms with van der Waals surface area (Å²) >= 11 is 6.44. The molecule has 1 fully saturated rings. The average molecular weight is 539 g/mol.